The molecule has 3 aromatic rings. The molecule has 0 atom stereocenters. The number of carbonyl (C=O) groups is 1. The molecule has 0 radical (unpaired) electrons. The first-order valence-electron chi connectivity index (χ1n) is 9.96. The fourth-order valence-electron chi connectivity index (χ4n) is 3.81. The molecule has 5 nitrogen and oxygen atoms in total. The van der Waals surface area contributed by atoms with E-state index < -0.39 is 0 Å². The van der Waals surface area contributed by atoms with Gasteiger partial charge >= 0.3 is 0 Å². The molecule has 1 N–H and O–H groups in total. The molecule has 0 aliphatic carbocycles. The van der Waals surface area contributed by atoms with E-state index in [1.54, 1.807) is 7.11 Å². The van der Waals surface area contributed by atoms with E-state index in [1.807, 2.05) is 36.5 Å². The van der Waals surface area contributed by atoms with Crippen LogP contribution in [0.15, 0.2) is 47.8 Å². The largest absolute Gasteiger partial charge is 0.495 e. The van der Waals surface area contributed by atoms with Gasteiger partial charge in [0.05, 0.1) is 19.3 Å². The van der Waals surface area contributed by atoms with Gasteiger partial charge in [0, 0.05) is 37.4 Å². The summed E-state index contributed by atoms with van der Waals surface area (Å²) in [6, 6.07) is 14.4. The maximum absolute atomic E-state index is 12.5. The monoisotopic (exact) mass is 409 g/mol. The van der Waals surface area contributed by atoms with Gasteiger partial charge in [-0.3, -0.25) is 14.6 Å². The number of rotatable bonds is 6. The van der Waals surface area contributed by atoms with Crippen molar-refractivity contribution in [2.75, 3.05) is 45.2 Å². The second kappa shape index (κ2) is 8.95. The van der Waals surface area contributed by atoms with E-state index in [-0.39, 0.29) is 5.91 Å². The van der Waals surface area contributed by atoms with E-state index in [2.05, 4.69) is 44.8 Å². The van der Waals surface area contributed by atoms with Gasteiger partial charge in [0.2, 0.25) is 5.91 Å². The third-order valence-corrected chi connectivity index (χ3v) is 6.43. The van der Waals surface area contributed by atoms with Gasteiger partial charge in [0.15, 0.2) is 0 Å². The third kappa shape index (κ3) is 4.78. The van der Waals surface area contributed by atoms with E-state index in [0.717, 1.165) is 44.0 Å². The van der Waals surface area contributed by atoms with Crippen molar-refractivity contribution < 1.29 is 9.53 Å². The van der Waals surface area contributed by atoms with Crippen molar-refractivity contribution in [2.24, 2.45) is 0 Å². The Morgan fingerprint density at radius 2 is 1.86 bits per heavy atom. The van der Waals surface area contributed by atoms with Crippen LogP contribution in [0, 0.1) is 6.92 Å². The van der Waals surface area contributed by atoms with Crippen molar-refractivity contribution >= 4 is 33.0 Å². The van der Waals surface area contributed by atoms with Gasteiger partial charge < -0.3 is 10.1 Å². The lowest BCUT2D eigenvalue weighted by Crippen LogP contribution is -2.48. The van der Waals surface area contributed by atoms with Crippen LogP contribution in [-0.2, 0) is 11.3 Å². The van der Waals surface area contributed by atoms with Gasteiger partial charge in [-0.2, -0.15) is 0 Å². The van der Waals surface area contributed by atoms with E-state index in [9.17, 15) is 4.79 Å². The zero-order valence-electron chi connectivity index (χ0n) is 17.0. The van der Waals surface area contributed by atoms with Crippen molar-refractivity contribution in [1.29, 1.82) is 0 Å². The maximum Gasteiger partial charge on any atom is 0.238 e. The van der Waals surface area contributed by atoms with Crippen LogP contribution < -0.4 is 10.1 Å². The summed E-state index contributed by atoms with van der Waals surface area (Å²) in [6.45, 7) is 7.15. The molecule has 6 heteroatoms. The van der Waals surface area contributed by atoms with E-state index in [1.165, 1.54) is 15.6 Å². The molecular weight excluding hydrogens is 382 g/mol. The highest BCUT2D eigenvalue weighted by Crippen LogP contribution is 2.27. The molecule has 1 saturated heterocycles. The number of carbonyl (C=O) groups excluding carboxylic acids is 1. The first-order valence-corrected chi connectivity index (χ1v) is 10.8. The summed E-state index contributed by atoms with van der Waals surface area (Å²) in [7, 11) is 1.62. The fraction of sp³-hybridized carbons (Fsp3) is 0.348. The minimum atomic E-state index is 0.00572. The molecule has 2 heterocycles. The van der Waals surface area contributed by atoms with Gasteiger partial charge in [-0.25, -0.2) is 0 Å². The lowest BCUT2D eigenvalue weighted by atomic mass is 10.1. The molecule has 1 fully saturated rings. The smallest absolute Gasteiger partial charge is 0.238 e. The molecule has 1 aliphatic heterocycles. The topological polar surface area (TPSA) is 44.8 Å². The Morgan fingerprint density at radius 3 is 2.66 bits per heavy atom. The molecule has 29 heavy (non-hydrogen) atoms. The minimum absolute atomic E-state index is 0.00572. The average Bonchev–Trinajstić information content (AvgIpc) is 3.12. The summed E-state index contributed by atoms with van der Waals surface area (Å²) in [4.78, 5) is 17.2. The van der Waals surface area contributed by atoms with Gasteiger partial charge in [-0.05, 0) is 47.0 Å². The Kier molecular flexibility index (Phi) is 6.13. The fourth-order valence-corrected chi connectivity index (χ4v) is 4.77. The number of piperazine rings is 1. The predicted molar refractivity (Wildman–Crippen MR) is 120 cm³/mol. The molecule has 0 saturated carbocycles. The summed E-state index contributed by atoms with van der Waals surface area (Å²) >= 11 is 1.82. The molecular formula is C23H27N3O2S. The summed E-state index contributed by atoms with van der Waals surface area (Å²) in [5.41, 5.74) is 3.24. The van der Waals surface area contributed by atoms with Gasteiger partial charge in [-0.1, -0.05) is 24.3 Å². The quantitative estimate of drug-likeness (QED) is 0.669. The minimum Gasteiger partial charge on any atom is -0.495 e. The Hall–Kier alpha value is -2.41. The van der Waals surface area contributed by atoms with Gasteiger partial charge in [0.25, 0.3) is 0 Å². The van der Waals surface area contributed by atoms with Crippen molar-refractivity contribution in [3.8, 4) is 5.75 Å². The Labute approximate surface area is 175 Å². The predicted octanol–water partition coefficient (Wildman–Crippen LogP) is 3.97. The first kappa shape index (κ1) is 19.9. The second-order valence-electron chi connectivity index (χ2n) is 7.56. The maximum atomic E-state index is 12.5. The van der Waals surface area contributed by atoms with Crippen molar-refractivity contribution in [1.82, 2.24) is 9.80 Å². The first-order chi connectivity index (χ1) is 14.1. The highest BCUT2D eigenvalue weighted by molar-refractivity contribution is 7.17. The number of benzene rings is 2. The Bertz CT molecular complexity index is 993. The highest BCUT2D eigenvalue weighted by atomic mass is 32.1. The molecule has 2 aromatic carbocycles. The molecule has 1 amide bonds. The van der Waals surface area contributed by atoms with Gasteiger partial charge in [-0.15, -0.1) is 11.3 Å². The molecule has 4 rings (SSSR count). The van der Waals surface area contributed by atoms with Gasteiger partial charge in [0.1, 0.15) is 5.75 Å². The van der Waals surface area contributed by atoms with Crippen LogP contribution in [0.3, 0.4) is 0 Å². The summed E-state index contributed by atoms with van der Waals surface area (Å²) in [5, 5.41) is 6.64. The van der Waals surface area contributed by atoms with Crippen LogP contribution in [0.5, 0.6) is 5.75 Å². The Balaban J connectivity index is 1.29. The number of fused-ring (bicyclic) bond motifs is 1. The van der Waals surface area contributed by atoms with Crippen LogP contribution in [0.4, 0.5) is 5.69 Å². The molecule has 0 bridgehead atoms. The number of methoxy groups -OCH3 is 1. The SMILES string of the molecule is COc1ccc(C)cc1NC(=O)CN1CCN(Cc2csc3ccccc23)CC1. The highest BCUT2D eigenvalue weighted by Gasteiger charge is 2.20. The third-order valence-electron chi connectivity index (χ3n) is 5.42. The summed E-state index contributed by atoms with van der Waals surface area (Å²) in [6.07, 6.45) is 0. The summed E-state index contributed by atoms with van der Waals surface area (Å²) in [5.74, 6) is 0.697. The lowest BCUT2D eigenvalue weighted by molar-refractivity contribution is -0.117. The van der Waals surface area contributed by atoms with Crippen LogP contribution in [0.2, 0.25) is 0 Å². The van der Waals surface area contributed by atoms with Crippen LogP contribution in [-0.4, -0.2) is 55.5 Å². The van der Waals surface area contributed by atoms with E-state index in [0.29, 0.717) is 12.3 Å². The number of nitrogens with one attached hydrogen (secondary N) is 1. The standard InChI is InChI=1S/C23H27N3O2S/c1-17-7-8-21(28-2)20(13-17)24-23(27)15-26-11-9-25(10-12-26)14-18-16-29-22-6-4-3-5-19(18)22/h3-8,13,16H,9-12,14-15H2,1-2H3,(H,24,27). The molecule has 0 unspecified atom stereocenters. The van der Waals surface area contributed by atoms with Crippen molar-refractivity contribution in [3.63, 3.8) is 0 Å². The molecule has 0 spiro atoms. The van der Waals surface area contributed by atoms with E-state index >= 15 is 0 Å². The lowest BCUT2D eigenvalue weighted by Gasteiger charge is -2.34. The number of ether oxygens (including phenoxy) is 1. The Morgan fingerprint density at radius 1 is 1.10 bits per heavy atom. The normalized spacial score (nSPS) is 15.5. The van der Waals surface area contributed by atoms with Crippen LogP contribution in [0.1, 0.15) is 11.1 Å². The average molecular weight is 410 g/mol. The number of nitrogens with zero attached hydrogens (tertiary/aromatic N) is 2. The number of anilines is 1. The number of hydrogen-bond acceptors (Lipinski definition) is 5. The molecule has 1 aliphatic rings. The van der Waals surface area contributed by atoms with Crippen LogP contribution in [0.25, 0.3) is 10.1 Å². The van der Waals surface area contributed by atoms with Crippen molar-refractivity contribution in [3.05, 3.63) is 59.0 Å². The number of amides is 1. The zero-order chi connectivity index (χ0) is 20.2. The summed E-state index contributed by atoms with van der Waals surface area (Å²) < 4.78 is 6.70. The van der Waals surface area contributed by atoms with E-state index in [4.69, 9.17) is 4.74 Å². The second-order valence-corrected chi connectivity index (χ2v) is 8.47. The number of hydrogen-bond donors (Lipinski definition) is 1. The van der Waals surface area contributed by atoms with Crippen molar-refractivity contribution in [2.45, 2.75) is 13.5 Å². The molecule has 1 aromatic heterocycles. The number of thiophene rings is 1. The number of aryl methyl sites for hydroxylation is 1. The molecule has 152 valence electrons. The van der Waals surface area contributed by atoms with Crippen LogP contribution >= 0.6 is 11.3 Å². The zero-order valence-corrected chi connectivity index (χ0v) is 17.8.